The summed E-state index contributed by atoms with van der Waals surface area (Å²) in [7, 11) is -1.11. The Morgan fingerprint density at radius 1 is 0.944 bits per heavy atom. The van der Waals surface area contributed by atoms with E-state index in [1.807, 2.05) is 71.0 Å². The number of amides is 2. The fourth-order valence-electron chi connectivity index (χ4n) is 3.87. The van der Waals surface area contributed by atoms with Gasteiger partial charge in [-0.2, -0.15) is 12.7 Å². The van der Waals surface area contributed by atoms with Gasteiger partial charge in [0.2, 0.25) is 11.8 Å². The zero-order valence-corrected chi connectivity index (χ0v) is 23.4. The maximum atomic E-state index is 13.9. The van der Waals surface area contributed by atoms with Crippen LogP contribution in [0.4, 0.5) is 5.69 Å². The summed E-state index contributed by atoms with van der Waals surface area (Å²) in [6.07, 6.45) is 1.17. The number of carbonyl (C=O) groups excluding carboxylic acids is 2. The van der Waals surface area contributed by atoms with E-state index in [0.717, 1.165) is 37.3 Å². The van der Waals surface area contributed by atoms with Crippen LogP contribution in [0, 0.1) is 20.8 Å². The lowest BCUT2D eigenvalue weighted by Gasteiger charge is -2.34. The van der Waals surface area contributed by atoms with Crippen molar-refractivity contribution in [3.05, 3.63) is 64.7 Å². The molecule has 2 amide bonds. The average Bonchev–Trinajstić information content (AvgIpc) is 2.83. The number of nitrogens with zero attached hydrogens (tertiary/aromatic N) is 3. The number of anilines is 1. The zero-order chi connectivity index (χ0) is 27.0. The molecule has 0 saturated heterocycles. The summed E-state index contributed by atoms with van der Waals surface area (Å²) < 4.78 is 29.0. The fourth-order valence-corrected chi connectivity index (χ4v) is 4.98. The van der Waals surface area contributed by atoms with Gasteiger partial charge in [0.15, 0.2) is 0 Å². The summed E-state index contributed by atoms with van der Waals surface area (Å²) in [5, 5.41) is 2.89. The van der Waals surface area contributed by atoms with E-state index in [0.29, 0.717) is 18.7 Å². The van der Waals surface area contributed by atoms with Crippen LogP contribution in [0.2, 0.25) is 0 Å². The molecule has 36 heavy (non-hydrogen) atoms. The lowest BCUT2D eigenvalue weighted by Crippen LogP contribution is -2.53. The topological polar surface area (TPSA) is 90.0 Å². The van der Waals surface area contributed by atoms with Gasteiger partial charge in [-0.25, -0.2) is 4.31 Å². The van der Waals surface area contributed by atoms with Crippen molar-refractivity contribution < 1.29 is 18.0 Å². The molecule has 0 fully saturated rings. The monoisotopic (exact) mass is 516 g/mol. The molecule has 2 rings (SSSR count). The summed E-state index contributed by atoms with van der Waals surface area (Å²) >= 11 is 0. The molecule has 0 spiro atoms. The van der Waals surface area contributed by atoms with Gasteiger partial charge in [-0.3, -0.25) is 9.59 Å². The minimum atomic E-state index is -3.99. The maximum Gasteiger partial charge on any atom is 0.304 e. The zero-order valence-electron chi connectivity index (χ0n) is 22.5. The smallest absolute Gasteiger partial charge is 0.304 e. The van der Waals surface area contributed by atoms with Crippen LogP contribution >= 0.6 is 0 Å². The molecule has 8 nitrogen and oxygen atoms in total. The van der Waals surface area contributed by atoms with Crippen molar-refractivity contribution in [1.29, 1.82) is 0 Å². The fraction of sp³-hybridized carbons (Fsp3) is 0.481. The molecule has 0 bridgehead atoms. The summed E-state index contributed by atoms with van der Waals surface area (Å²) in [6.45, 7) is 9.76. The first-order valence-corrected chi connectivity index (χ1v) is 13.7. The highest BCUT2D eigenvalue weighted by molar-refractivity contribution is 7.90. The number of carbonyl (C=O) groups is 2. The molecule has 198 valence electrons. The molecule has 0 aliphatic heterocycles. The van der Waals surface area contributed by atoms with Gasteiger partial charge < -0.3 is 10.2 Å². The van der Waals surface area contributed by atoms with E-state index in [-0.39, 0.29) is 12.5 Å². The summed E-state index contributed by atoms with van der Waals surface area (Å²) in [6, 6.07) is 12.5. The molecule has 2 aromatic carbocycles. The Bertz CT molecular complexity index is 1150. The first-order chi connectivity index (χ1) is 16.9. The van der Waals surface area contributed by atoms with Crippen LogP contribution in [0.5, 0.6) is 0 Å². The van der Waals surface area contributed by atoms with Crippen LogP contribution < -0.4 is 9.62 Å². The van der Waals surface area contributed by atoms with Gasteiger partial charge in [0, 0.05) is 27.2 Å². The Morgan fingerprint density at radius 3 is 2.11 bits per heavy atom. The van der Waals surface area contributed by atoms with Crippen molar-refractivity contribution in [2.24, 2.45) is 0 Å². The third-order valence-corrected chi connectivity index (χ3v) is 7.87. The van der Waals surface area contributed by atoms with Crippen molar-refractivity contribution in [1.82, 2.24) is 14.5 Å². The van der Waals surface area contributed by atoms with E-state index in [4.69, 9.17) is 0 Å². The molecule has 0 unspecified atom stereocenters. The van der Waals surface area contributed by atoms with Gasteiger partial charge >= 0.3 is 10.2 Å². The first-order valence-electron chi connectivity index (χ1n) is 12.3. The van der Waals surface area contributed by atoms with Gasteiger partial charge in [0.25, 0.3) is 0 Å². The molecule has 2 aromatic rings. The predicted molar refractivity (Wildman–Crippen MR) is 145 cm³/mol. The summed E-state index contributed by atoms with van der Waals surface area (Å²) in [5.74, 6) is -0.686. The van der Waals surface area contributed by atoms with Gasteiger partial charge in [0.1, 0.15) is 12.6 Å². The highest BCUT2D eigenvalue weighted by Gasteiger charge is 2.34. The van der Waals surface area contributed by atoms with Crippen molar-refractivity contribution in [3.63, 3.8) is 0 Å². The largest absolute Gasteiger partial charge is 0.354 e. The molecule has 0 radical (unpaired) electrons. The Balaban J connectivity index is 2.53. The second-order valence-corrected chi connectivity index (χ2v) is 11.4. The van der Waals surface area contributed by atoms with Crippen molar-refractivity contribution in [3.8, 4) is 0 Å². The molecule has 0 aliphatic carbocycles. The Hall–Kier alpha value is -2.91. The number of hydrogen-bond donors (Lipinski definition) is 1. The molecule has 0 saturated carbocycles. The highest BCUT2D eigenvalue weighted by atomic mass is 32.2. The van der Waals surface area contributed by atoms with E-state index in [9.17, 15) is 18.0 Å². The van der Waals surface area contributed by atoms with Crippen LogP contribution in [-0.4, -0.2) is 62.7 Å². The Morgan fingerprint density at radius 2 is 1.56 bits per heavy atom. The van der Waals surface area contributed by atoms with Crippen LogP contribution in [-0.2, 0) is 26.3 Å². The van der Waals surface area contributed by atoms with Crippen LogP contribution in [0.25, 0.3) is 0 Å². The number of nitrogens with one attached hydrogen (secondary N) is 1. The van der Waals surface area contributed by atoms with Crippen molar-refractivity contribution in [2.75, 3.05) is 31.5 Å². The number of benzene rings is 2. The molecule has 9 heteroatoms. The van der Waals surface area contributed by atoms with E-state index in [1.54, 1.807) is 6.07 Å². The lowest BCUT2D eigenvalue weighted by molar-refractivity contribution is -0.140. The quantitative estimate of drug-likeness (QED) is 0.467. The van der Waals surface area contributed by atoms with E-state index < -0.39 is 28.7 Å². The van der Waals surface area contributed by atoms with Crippen molar-refractivity contribution in [2.45, 2.75) is 60.0 Å². The standard InChI is InChI=1S/C27H40N4O4S/c1-8-16-28-27(33)24(9-2)30(18-23-14-11-20(3)12-15-23)26(32)19-31(36(34,35)29(6)7)25-17-21(4)10-13-22(25)5/h10-15,17,24H,8-9,16,18-19H2,1-7H3,(H,28,33)/t24-/m0/s1. The van der Waals surface area contributed by atoms with Crippen LogP contribution in [0.1, 0.15) is 48.9 Å². The molecule has 0 aliphatic rings. The molecule has 1 atom stereocenters. The molecular formula is C27H40N4O4S. The molecule has 1 N–H and O–H groups in total. The first kappa shape index (κ1) is 29.3. The average molecular weight is 517 g/mol. The lowest BCUT2D eigenvalue weighted by atomic mass is 10.1. The van der Waals surface area contributed by atoms with Crippen LogP contribution in [0.15, 0.2) is 42.5 Å². The van der Waals surface area contributed by atoms with E-state index in [1.165, 1.54) is 19.0 Å². The highest BCUT2D eigenvalue weighted by Crippen LogP contribution is 2.26. The Kier molecular flexibility index (Phi) is 10.5. The van der Waals surface area contributed by atoms with Gasteiger partial charge in [-0.05, 0) is 56.4 Å². The third-order valence-electron chi connectivity index (χ3n) is 6.06. The molecule has 0 aromatic heterocycles. The third kappa shape index (κ3) is 7.30. The summed E-state index contributed by atoms with van der Waals surface area (Å²) in [5.41, 5.74) is 4.00. The maximum absolute atomic E-state index is 13.9. The Labute approximate surface area is 216 Å². The molecular weight excluding hydrogens is 476 g/mol. The van der Waals surface area contributed by atoms with E-state index in [2.05, 4.69) is 5.32 Å². The number of rotatable bonds is 12. The van der Waals surface area contributed by atoms with Crippen molar-refractivity contribution >= 4 is 27.7 Å². The number of aryl methyl sites for hydroxylation is 3. The predicted octanol–water partition coefficient (Wildman–Crippen LogP) is 3.56. The minimum Gasteiger partial charge on any atom is -0.354 e. The minimum absolute atomic E-state index is 0.194. The second kappa shape index (κ2) is 12.9. The molecule has 0 heterocycles. The van der Waals surface area contributed by atoms with Crippen LogP contribution in [0.3, 0.4) is 0 Å². The van der Waals surface area contributed by atoms with Gasteiger partial charge in [0.05, 0.1) is 5.69 Å². The number of hydrogen-bond acceptors (Lipinski definition) is 4. The summed E-state index contributed by atoms with van der Waals surface area (Å²) in [4.78, 5) is 28.4. The second-order valence-electron chi connectivity index (χ2n) is 9.31. The normalized spacial score (nSPS) is 12.3. The van der Waals surface area contributed by atoms with Gasteiger partial charge in [-0.15, -0.1) is 0 Å². The van der Waals surface area contributed by atoms with E-state index >= 15 is 0 Å². The van der Waals surface area contributed by atoms with Gasteiger partial charge in [-0.1, -0.05) is 55.8 Å². The SMILES string of the molecule is CCCNC(=O)[C@H](CC)N(Cc1ccc(C)cc1)C(=O)CN(c1cc(C)ccc1C)S(=O)(=O)N(C)C.